The summed E-state index contributed by atoms with van der Waals surface area (Å²) in [5.41, 5.74) is 1.27. The minimum absolute atomic E-state index is 0.321. The monoisotopic (exact) mass is 261 g/mol. The van der Waals surface area contributed by atoms with Gasteiger partial charge in [-0.2, -0.15) is 0 Å². The van der Waals surface area contributed by atoms with Gasteiger partial charge in [-0.3, -0.25) is 0 Å². The minimum atomic E-state index is 0.321. The van der Waals surface area contributed by atoms with E-state index in [9.17, 15) is 0 Å². The van der Waals surface area contributed by atoms with Gasteiger partial charge >= 0.3 is 0 Å². The molecule has 2 nitrogen and oxygen atoms in total. The molecule has 0 saturated heterocycles. The predicted molar refractivity (Wildman–Crippen MR) is 80.8 cm³/mol. The van der Waals surface area contributed by atoms with E-state index in [0.717, 1.165) is 12.3 Å². The second-order valence-electron chi connectivity index (χ2n) is 5.63. The molecule has 1 aromatic rings. The van der Waals surface area contributed by atoms with E-state index in [-0.39, 0.29) is 0 Å². The van der Waals surface area contributed by atoms with E-state index in [1.165, 1.54) is 44.1 Å². The third-order valence-corrected chi connectivity index (χ3v) is 3.95. The second kappa shape index (κ2) is 7.54. The molecule has 106 valence electrons. The van der Waals surface area contributed by atoms with Crippen LogP contribution in [0.4, 0.5) is 0 Å². The number of hydrogen-bond donors (Lipinski definition) is 1. The molecule has 2 atom stereocenters. The maximum atomic E-state index is 6.27. The fraction of sp³-hybridized carbons (Fsp3) is 0.647. The van der Waals surface area contributed by atoms with Crippen molar-refractivity contribution in [3.8, 4) is 5.75 Å². The molecule has 1 saturated carbocycles. The zero-order valence-electron chi connectivity index (χ0n) is 12.3. The molecular formula is C17H27NO. The summed E-state index contributed by atoms with van der Waals surface area (Å²) in [5, 5.41) is 3.61. The largest absolute Gasteiger partial charge is 0.489 e. The first-order chi connectivity index (χ1) is 9.29. The average Bonchev–Trinajstić information content (AvgIpc) is 2.37. The van der Waals surface area contributed by atoms with Crippen molar-refractivity contribution in [1.29, 1.82) is 0 Å². The summed E-state index contributed by atoms with van der Waals surface area (Å²) in [5.74, 6) is 1.02. The molecule has 2 rings (SSSR count). The van der Waals surface area contributed by atoms with E-state index in [1.54, 1.807) is 0 Å². The van der Waals surface area contributed by atoms with Crippen molar-refractivity contribution < 1.29 is 4.74 Å². The summed E-state index contributed by atoms with van der Waals surface area (Å²) in [6.07, 6.45) is 8.08. The summed E-state index contributed by atoms with van der Waals surface area (Å²) < 4.78 is 6.27. The number of hydrogen-bond acceptors (Lipinski definition) is 2. The molecule has 2 heteroatoms. The fourth-order valence-corrected chi connectivity index (χ4v) is 2.95. The molecule has 1 N–H and O–H groups in total. The quantitative estimate of drug-likeness (QED) is 0.882. The fourth-order valence-electron chi connectivity index (χ4n) is 2.95. The molecule has 1 fully saturated rings. The Balaban J connectivity index is 2.03. The lowest BCUT2D eigenvalue weighted by Crippen LogP contribution is -2.43. The van der Waals surface area contributed by atoms with Crippen LogP contribution in [0.1, 0.15) is 51.0 Å². The van der Waals surface area contributed by atoms with Crippen LogP contribution in [0.15, 0.2) is 24.3 Å². The lowest BCUT2D eigenvalue weighted by atomic mass is 9.94. The highest BCUT2D eigenvalue weighted by Gasteiger charge is 2.23. The van der Waals surface area contributed by atoms with Crippen LogP contribution < -0.4 is 10.1 Å². The van der Waals surface area contributed by atoms with Crippen molar-refractivity contribution in [3.05, 3.63) is 29.8 Å². The van der Waals surface area contributed by atoms with Crippen LogP contribution in [-0.4, -0.2) is 18.7 Å². The first-order valence-electron chi connectivity index (χ1n) is 7.76. The van der Waals surface area contributed by atoms with Gasteiger partial charge in [-0.25, -0.2) is 0 Å². The SMILES string of the molecule is CCNC1CCCCCCC1Oc1cccc(C)c1. The van der Waals surface area contributed by atoms with Crippen LogP contribution in [0.2, 0.25) is 0 Å². The Bertz CT molecular complexity index is 377. The lowest BCUT2D eigenvalue weighted by molar-refractivity contribution is 0.128. The van der Waals surface area contributed by atoms with Crippen LogP contribution in [0, 0.1) is 6.92 Å². The van der Waals surface area contributed by atoms with Gasteiger partial charge in [0.25, 0.3) is 0 Å². The standard InChI is InChI=1S/C17H27NO/c1-3-18-16-11-6-4-5-7-12-17(16)19-15-10-8-9-14(2)13-15/h8-10,13,16-18H,3-7,11-12H2,1-2H3. The number of nitrogens with one attached hydrogen (secondary N) is 1. The van der Waals surface area contributed by atoms with Gasteiger partial charge < -0.3 is 10.1 Å². The van der Waals surface area contributed by atoms with Crippen LogP contribution in [0.25, 0.3) is 0 Å². The summed E-state index contributed by atoms with van der Waals surface area (Å²) in [4.78, 5) is 0. The summed E-state index contributed by atoms with van der Waals surface area (Å²) >= 11 is 0. The van der Waals surface area contributed by atoms with Gasteiger partial charge in [0.2, 0.25) is 0 Å². The van der Waals surface area contributed by atoms with E-state index in [1.807, 2.05) is 0 Å². The van der Waals surface area contributed by atoms with Gasteiger partial charge in [0.15, 0.2) is 0 Å². The highest BCUT2D eigenvalue weighted by molar-refractivity contribution is 5.27. The Morgan fingerprint density at radius 1 is 1.16 bits per heavy atom. The van der Waals surface area contributed by atoms with E-state index >= 15 is 0 Å². The van der Waals surface area contributed by atoms with Gasteiger partial charge in [-0.15, -0.1) is 0 Å². The van der Waals surface area contributed by atoms with E-state index in [0.29, 0.717) is 12.1 Å². The molecule has 1 aromatic carbocycles. The Hall–Kier alpha value is -1.02. The second-order valence-corrected chi connectivity index (χ2v) is 5.63. The van der Waals surface area contributed by atoms with Crippen molar-refractivity contribution in [2.24, 2.45) is 0 Å². The molecule has 0 radical (unpaired) electrons. The maximum absolute atomic E-state index is 6.27. The van der Waals surface area contributed by atoms with Crippen molar-refractivity contribution in [3.63, 3.8) is 0 Å². The Kier molecular flexibility index (Phi) is 5.71. The zero-order valence-corrected chi connectivity index (χ0v) is 12.3. The van der Waals surface area contributed by atoms with Crippen molar-refractivity contribution in [2.45, 2.75) is 64.5 Å². The van der Waals surface area contributed by atoms with Crippen LogP contribution in [0.3, 0.4) is 0 Å². The number of aryl methyl sites for hydroxylation is 1. The Morgan fingerprint density at radius 2 is 1.95 bits per heavy atom. The molecule has 0 bridgehead atoms. The zero-order chi connectivity index (χ0) is 13.5. The molecule has 1 aliphatic carbocycles. The highest BCUT2D eigenvalue weighted by atomic mass is 16.5. The summed E-state index contributed by atoms with van der Waals surface area (Å²) in [6.45, 7) is 5.33. The van der Waals surface area contributed by atoms with Gasteiger partial charge in [0.1, 0.15) is 11.9 Å². The third-order valence-electron chi connectivity index (χ3n) is 3.95. The molecule has 0 heterocycles. The van der Waals surface area contributed by atoms with Gasteiger partial charge in [0, 0.05) is 6.04 Å². The lowest BCUT2D eigenvalue weighted by Gasteiger charge is -2.30. The number of benzene rings is 1. The van der Waals surface area contributed by atoms with Crippen molar-refractivity contribution in [2.75, 3.05) is 6.54 Å². The van der Waals surface area contributed by atoms with Crippen molar-refractivity contribution >= 4 is 0 Å². The van der Waals surface area contributed by atoms with Crippen LogP contribution in [-0.2, 0) is 0 Å². The molecular weight excluding hydrogens is 234 g/mol. The highest BCUT2D eigenvalue weighted by Crippen LogP contribution is 2.23. The normalized spacial score (nSPS) is 24.5. The molecule has 19 heavy (non-hydrogen) atoms. The number of rotatable bonds is 4. The minimum Gasteiger partial charge on any atom is -0.489 e. The van der Waals surface area contributed by atoms with Gasteiger partial charge in [-0.1, -0.05) is 38.3 Å². The first kappa shape index (κ1) is 14.4. The Labute approximate surface area is 117 Å². The molecule has 0 spiro atoms. The summed E-state index contributed by atoms with van der Waals surface area (Å²) in [6, 6.07) is 8.92. The topological polar surface area (TPSA) is 21.3 Å². The van der Waals surface area contributed by atoms with E-state index in [2.05, 4.69) is 43.4 Å². The average molecular weight is 261 g/mol. The molecule has 2 unspecified atom stereocenters. The van der Waals surface area contributed by atoms with Gasteiger partial charge in [0.05, 0.1) is 0 Å². The van der Waals surface area contributed by atoms with Gasteiger partial charge in [-0.05, 0) is 50.4 Å². The van der Waals surface area contributed by atoms with Crippen LogP contribution in [0.5, 0.6) is 5.75 Å². The molecule has 0 aliphatic heterocycles. The number of likely N-dealkylation sites (N-methyl/N-ethyl adjacent to an activating group) is 1. The molecule has 1 aliphatic rings. The number of ether oxygens (including phenoxy) is 1. The first-order valence-corrected chi connectivity index (χ1v) is 7.76. The van der Waals surface area contributed by atoms with E-state index < -0.39 is 0 Å². The molecule has 0 aromatic heterocycles. The predicted octanol–water partition coefficient (Wildman–Crippen LogP) is 4.07. The third kappa shape index (κ3) is 4.54. The Morgan fingerprint density at radius 3 is 2.68 bits per heavy atom. The maximum Gasteiger partial charge on any atom is 0.120 e. The summed E-state index contributed by atoms with van der Waals surface area (Å²) in [7, 11) is 0. The van der Waals surface area contributed by atoms with Crippen molar-refractivity contribution in [1.82, 2.24) is 5.32 Å². The molecule has 0 amide bonds. The van der Waals surface area contributed by atoms with Crippen LogP contribution >= 0.6 is 0 Å². The smallest absolute Gasteiger partial charge is 0.120 e. The van der Waals surface area contributed by atoms with E-state index in [4.69, 9.17) is 4.74 Å².